The molecule has 2 nitrogen and oxygen atoms in total. The zero-order chi connectivity index (χ0) is 11.4. The first-order valence-electron chi connectivity index (χ1n) is 4.62. The predicted octanol–water partition coefficient (Wildman–Crippen LogP) is 3.44. The van der Waals surface area contributed by atoms with Gasteiger partial charge in [-0.05, 0) is 35.8 Å². The van der Waals surface area contributed by atoms with Crippen LogP contribution in [-0.4, -0.2) is 17.9 Å². The number of hydrogen-bond donors (Lipinski definition) is 0. The van der Waals surface area contributed by atoms with Gasteiger partial charge in [0, 0.05) is 27.9 Å². The Labute approximate surface area is 103 Å². The summed E-state index contributed by atoms with van der Waals surface area (Å²) < 4.78 is 1.07. The number of halogens is 1. The van der Waals surface area contributed by atoms with Gasteiger partial charge in [0.05, 0.1) is 6.54 Å². The van der Waals surface area contributed by atoms with Gasteiger partial charge in [-0.1, -0.05) is 5.57 Å². The lowest BCUT2D eigenvalue weighted by Crippen LogP contribution is -2.23. The van der Waals surface area contributed by atoms with Crippen molar-refractivity contribution in [2.75, 3.05) is 7.05 Å². The molecule has 15 heavy (non-hydrogen) atoms. The molecule has 1 aromatic heterocycles. The van der Waals surface area contributed by atoms with Crippen LogP contribution in [0.1, 0.15) is 18.7 Å². The maximum atomic E-state index is 11.6. The van der Waals surface area contributed by atoms with Crippen molar-refractivity contribution in [3.63, 3.8) is 0 Å². The Bertz CT molecular complexity index is 380. The van der Waals surface area contributed by atoms with Crippen LogP contribution < -0.4 is 0 Å². The fourth-order valence-electron chi connectivity index (χ4n) is 1.11. The van der Waals surface area contributed by atoms with Gasteiger partial charge >= 0.3 is 0 Å². The number of thiophene rings is 1. The van der Waals surface area contributed by atoms with Crippen LogP contribution in [0.25, 0.3) is 0 Å². The van der Waals surface area contributed by atoms with E-state index >= 15 is 0 Å². The molecule has 1 heterocycles. The van der Waals surface area contributed by atoms with Gasteiger partial charge in [0.1, 0.15) is 0 Å². The smallest absolute Gasteiger partial charge is 0.246 e. The topological polar surface area (TPSA) is 20.3 Å². The zero-order valence-electron chi connectivity index (χ0n) is 9.08. The van der Waals surface area contributed by atoms with Crippen LogP contribution in [0.5, 0.6) is 0 Å². The van der Waals surface area contributed by atoms with Crippen molar-refractivity contribution < 1.29 is 4.79 Å². The summed E-state index contributed by atoms with van der Waals surface area (Å²) in [5.74, 6) is 0.0551. The Morgan fingerprint density at radius 3 is 2.73 bits per heavy atom. The lowest BCUT2D eigenvalue weighted by molar-refractivity contribution is -0.125. The fraction of sp³-hybridized carbons (Fsp3) is 0.364. The van der Waals surface area contributed by atoms with Crippen LogP contribution in [0.4, 0.5) is 0 Å². The van der Waals surface area contributed by atoms with Crippen molar-refractivity contribution in [2.24, 2.45) is 0 Å². The molecule has 0 radical (unpaired) electrons. The molecule has 82 valence electrons. The molecule has 1 aromatic rings. The molecule has 0 saturated heterocycles. The van der Waals surface area contributed by atoms with E-state index in [4.69, 9.17) is 0 Å². The molecule has 1 amide bonds. The van der Waals surface area contributed by atoms with Crippen LogP contribution >= 0.6 is 27.3 Å². The molecule has 0 atom stereocenters. The highest BCUT2D eigenvalue weighted by Gasteiger charge is 2.07. The molecule has 0 unspecified atom stereocenters. The van der Waals surface area contributed by atoms with Crippen molar-refractivity contribution >= 4 is 33.2 Å². The number of amides is 1. The number of carbonyl (C=O) groups excluding carboxylic acids is 1. The number of rotatable bonds is 3. The van der Waals surface area contributed by atoms with E-state index in [1.165, 1.54) is 4.88 Å². The number of allylic oxidation sites excluding steroid dienone is 1. The van der Waals surface area contributed by atoms with Gasteiger partial charge in [-0.25, -0.2) is 0 Å². The molecule has 0 aliphatic heterocycles. The van der Waals surface area contributed by atoms with Gasteiger partial charge < -0.3 is 4.90 Å². The standard InChI is InChI=1S/C11H14BrNOS/c1-8(2)4-11(14)13(3)6-10-5-9(12)7-15-10/h4-5,7H,6H2,1-3H3. The third-order valence-corrected chi connectivity index (χ3v) is 3.49. The largest absolute Gasteiger partial charge is 0.337 e. The van der Waals surface area contributed by atoms with Crippen LogP contribution in [0, 0.1) is 0 Å². The van der Waals surface area contributed by atoms with Crippen molar-refractivity contribution in [1.82, 2.24) is 4.90 Å². The molecule has 4 heteroatoms. The maximum Gasteiger partial charge on any atom is 0.246 e. The first-order chi connectivity index (χ1) is 6.99. The number of carbonyl (C=O) groups is 1. The van der Waals surface area contributed by atoms with Crippen molar-refractivity contribution in [3.05, 3.63) is 32.4 Å². The molecule has 0 N–H and O–H groups in total. The predicted molar refractivity (Wildman–Crippen MR) is 67.9 cm³/mol. The van der Waals surface area contributed by atoms with Gasteiger partial charge in [-0.2, -0.15) is 0 Å². The third-order valence-electron chi connectivity index (χ3n) is 1.80. The molecule has 1 rings (SSSR count). The molecule has 0 aromatic carbocycles. The van der Waals surface area contributed by atoms with Gasteiger partial charge in [0.2, 0.25) is 5.91 Å². The molecule has 0 aliphatic carbocycles. The number of hydrogen-bond acceptors (Lipinski definition) is 2. The van der Waals surface area contributed by atoms with Crippen molar-refractivity contribution in [2.45, 2.75) is 20.4 Å². The van der Waals surface area contributed by atoms with Crippen molar-refractivity contribution in [1.29, 1.82) is 0 Å². The van der Waals surface area contributed by atoms with Crippen LogP contribution in [-0.2, 0) is 11.3 Å². The molecular weight excluding hydrogens is 274 g/mol. The highest BCUT2D eigenvalue weighted by atomic mass is 79.9. The normalized spacial score (nSPS) is 9.87. The van der Waals surface area contributed by atoms with Gasteiger partial charge in [0.15, 0.2) is 0 Å². The van der Waals surface area contributed by atoms with E-state index in [0.717, 1.165) is 10.0 Å². The van der Waals surface area contributed by atoms with Gasteiger partial charge in [0.25, 0.3) is 0 Å². The highest BCUT2D eigenvalue weighted by Crippen LogP contribution is 2.20. The maximum absolute atomic E-state index is 11.6. The summed E-state index contributed by atoms with van der Waals surface area (Å²) in [7, 11) is 1.81. The summed E-state index contributed by atoms with van der Waals surface area (Å²) >= 11 is 5.05. The zero-order valence-corrected chi connectivity index (χ0v) is 11.5. The lowest BCUT2D eigenvalue weighted by atomic mass is 10.3. The molecular formula is C11H14BrNOS. The Hall–Kier alpha value is -0.610. The minimum Gasteiger partial charge on any atom is -0.337 e. The van der Waals surface area contributed by atoms with Crippen LogP contribution in [0.15, 0.2) is 27.6 Å². The summed E-state index contributed by atoms with van der Waals surface area (Å²) in [4.78, 5) is 14.5. The van der Waals surface area contributed by atoms with Crippen LogP contribution in [0.3, 0.4) is 0 Å². The van der Waals surface area contributed by atoms with E-state index in [0.29, 0.717) is 6.54 Å². The Morgan fingerprint density at radius 1 is 1.60 bits per heavy atom. The third kappa shape index (κ3) is 4.18. The summed E-state index contributed by atoms with van der Waals surface area (Å²) in [6.07, 6.45) is 1.66. The summed E-state index contributed by atoms with van der Waals surface area (Å²) in [6, 6.07) is 2.04. The Balaban J connectivity index is 2.59. The molecule has 0 spiro atoms. The monoisotopic (exact) mass is 287 g/mol. The number of nitrogens with zero attached hydrogens (tertiary/aromatic N) is 1. The second-order valence-electron chi connectivity index (χ2n) is 3.65. The Kier molecular flexibility index (Phi) is 4.54. The quantitative estimate of drug-likeness (QED) is 0.780. The number of likely N-dealkylation sites (N-methyl/N-ethyl adjacent to an activating group) is 1. The molecule has 0 bridgehead atoms. The van der Waals surface area contributed by atoms with Crippen LogP contribution in [0.2, 0.25) is 0 Å². The second kappa shape index (κ2) is 5.47. The highest BCUT2D eigenvalue weighted by molar-refractivity contribution is 9.10. The second-order valence-corrected chi connectivity index (χ2v) is 5.56. The van der Waals surface area contributed by atoms with Gasteiger partial charge in [-0.3, -0.25) is 4.79 Å². The first kappa shape index (κ1) is 12.5. The fourth-order valence-corrected chi connectivity index (χ4v) is 2.61. The SMILES string of the molecule is CC(C)=CC(=O)N(C)Cc1cc(Br)cs1. The van der Waals surface area contributed by atoms with E-state index in [1.807, 2.05) is 32.3 Å². The van der Waals surface area contributed by atoms with E-state index < -0.39 is 0 Å². The van der Waals surface area contributed by atoms with Crippen molar-refractivity contribution in [3.8, 4) is 0 Å². The average Bonchev–Trinajstić information content (AvgIpc) is 2.50. The minimum absolute atomic E-state index is 0.0551. The molecule has 0 aliphatic rings. The van der Waals surface area contributed by atoms with E-state index in [2.05, 4.69) is 15.9 Å². The van der Waals surface area contributed by atoms with E-state index in [-0.39, 0.29) is 5.91 Å². The first-order valence-corrected chi connectivity index (χ1v) is 6.29. The van der Waals surface area contributed by atoms with Gasteiger partial charge in [-0.15, -0.1) is 11.3 Å². The minimum atomic E-state index is 0.0551. The Morgan fingerprint density at radius 2 is 2.27 bits per heavy atom. The van der Waals surface area contributed by atoms with E-state index in [1.54, 1.807) is 22.3 Å². The lowest BCUT2D eigenvalue weighted by Gasteiger charge is -2.13. The van der Waals surface area contributed by atoms with E-state index in [9.17, 15) is 4.79 Å². The molecule has 0 saturated carbocycles. The summed E-state index contributed by atoms with van der Waals surface area (Å²) in [6.45, 7) is 4.51. The summed E-state index contributed by atoms with van der Waals surface area (Å²) in [5.41, 5.74) is 1.03. The average molecular weight is 288 g/mol. The molecule has 0 fully saturated rings. The summed E-state index contributed by atoms with van der Waals surface area (Å²) in [5, 5.41) is 2.02.